The minimum absolute atomic E-state index is 0.0380. The molecule has 0 aliphatic carbocycles. The first-order valence-corrected chi connectivity index (χ1v) is 6.83. The Hall–Kier alpha value is -0.980. The van der Waals surface area contributed by atoms with Crippen LogP contribution < -0.4 is 5.73 Å². The van der Waals surface area contributed by atoms with E-state index in [1.807, 2.05) is 13.0 Å². The first kappa shape index (κ1) is 12.5. The van der Waals surface area contributed by atoms with E-state index >= 15 is 0 Å². The third-order valence-electron chi connectivity index (χ3n) is 2.09. The van der Waals surface area contributed by atoms with Gasteiger partial charge in [0.15, 0.2) is 4.34 Å². The highest BCUT2D eigenvalue weighted by Crippen LogP contribution is 2.30. The Bertz CT molecular complexity index is 485. The molecule has 0 bridgehead atoms. The lowest BCUT2D eigenvalue weighted by molar-refractivity contribution is 0.597. The van der Waals surface area contributed by atoms with E-state index in [1.54, 1.807) is 11.6 Å². The number of hydrogen-bond donors (Lipinski definition) is 1. The number of nitrogens with two attached hydrogens (primary N) is 1. The quantitative estimate of drug-likeness (QED) is 0.927. The van der Waals surface area contributed by atoms with Gasteiger partial charge in [0, 0.05) is 6.04 Å². The minimum Gasteiger partial charge on any atom is -0.328 e. The van der Waals surface area contributed by atoms with Crippen molar-refractivity contribution in [3.05, 3.63) is 35.1 Å². The monoisotopic (exact) mass is 269 g/mol. The van der Waals surface area contributed by atoms with Gasteiger partial charge >= 0.3 is 0 Å². The summed E-state index contributed by atoms with van der Waals surface area (Å²) in [6.07, 6.45) is 0.681. The van der Waals surface area contributed by atoms with E-state index in [0.29, 0.717) is 11.3 Å². The van der Waals surface area contributed by atoms with Gasteiger partial charge in [0.25, 0.3) is 0 Å². The summed E-state index contributed by atoms with van der Waals surface area (Å²) < 4.78 is 14.5. The van der Waals surface area contributed by atoms with Gasteiger partial charge in [-0.15, -0.1) is 10.2 Å². The summed E-state index contributed by atoms with van der Waals surface area (Å²) in [5.41, 5.74) is 8.22. The molecule has 1 aromatic carbocycles. The molecule has 0 amide bonds. The molecule has 0 aliphatic rings. The van der Waals surface area contributed by atoms with Crippen LogP contribution in [0.15, 0.2) is 32.9 Å². The zero-order chi connectivity index (χ0) is 12.3. The summed E-state index contributed by atoms with van der Waals surface area (Å²) >= 11 is 2.68. The van der Waals surface area contributed by atoms with Crippen molar-refractivity contribution in [1.82, 2.24) is 10.2 Å². The number of aromatic nitrogens is 2. The average Bonchev–Trinajstić information content (AvgIpc) is 2.74. The zero-order valence-electron chi connectivity index (χ0n) is 9.26. The molecule has 0 aliphatic heterocycles. The van der Waals surface area contributed by atoms with E-state index in [0.717, 1.165) is 9.90 Å². The molecule has 0 fully saturated rings. The normalized spacial score (nSPS) is 12.6. The summed E-state index contributed by atoms with van der Waals surface area (Å²) in [6.45, 7) is 1.90. The van der Waals surface area contributed by atoms with Crippen molar-refractivity contribution in [3.8, 4) is 0 Å². The molecule has 3 nitrogen and oxygen atoms in total. The van der Waals surface area contributed by atoms with Crippen molar-refractivity contribution in [1.29, 1.82) is 0 Å². The summed E-state index contributed by atoms with van der Waals surface area (Å²) in [7, 11) is 0. The van der Waals surface area contributed by atoms with Crippen LogP contribution in [0.4, 0.5) is 4.39 Å². The van der Waals surface area contributed by atoms with Gasteiger partial charge in [0.2, 0.25) is 0 Å². The van der Waals surface area contributed by atoms with Gasteiger partial charge in [-0.2, -0.15) is 0 Å². The maximum Gasteiger partial charge on any atom is 0.178 e. The Morgan fingerprint density at radius 2 is 2.35 bits per heavy atom. The van der Waals surface area contributed by atoms with Crippen molar-refractivity contribution in [3.63, 3.8) is 0 Å². The van der Waals surface area contributed by atoms with Crippen LogP contribution in [0, 0.1) is 5.82 Å². The molecule has 2 rings (SSSR count). The van der Waals surface area contributed by atoms with Crippen LogP contribution >= 0.6 is 23.1 Å². The fraction of sp³-hybridized carbons (Fsp3) is 0.273. The molecule has 90 valence electrons. The van der Waals surface area contributed by atoms with Gasteiger partial charge in [0.05, 0.1) is 4.90 Å². The fourth-order valence-electron chi connectivity index (χ4n) is 1.43. The Morgan fingerprint density at radius 3 is 2.94 bits per heavy atom. The predicted molar refractivity (Wildman–Crippen MR) is 67.8 cm³/mol. The molecule has 1 atom stereocenters. The SMILES string of the molecule is CC(N)Cc1ccc(Sc2nncs2)c(F)c1. The van der Waals surface area contributed by atoms with E-state index in [9.17, 15) is 4.39 Å². The second kappa shape index (κ2) is 5.57. The number of hydrogen-bond acceptors (Lipinski definition) is 5. The summed E-state index contributed by atoms with van der Waals surface area (Å²) in [6, 6.07) is 5.23. The highest BCUT2D eigenvalue weighted by Gasteiger charge is 2.08. The third kappa shape index (κ3) is 3.49. The van der Waals surface area contributed by atoms with Crippen LogP contribution in [-0.2, 0) is 6.42 Å². The van der Waals surface area contributed by atoms with Crippen LogP contribution in [0.25, 0.3) is 0 Å². The second-order valence-corrected chi connectivity index (χ2v) is 5.88. The molecule has 6 heteroatoms. The zero-order valence-corrected chi connectivity index (χ0v) is 10.9. The van der Waals surface area contributed by atoms with Crippen LogP contribution in [0.1, 0.15) is 12.5 Å². The third-order valence-corrected chi connectivity index (χ3v) is 3.92. The predicted octanol–water partition coefficient (Wildman–Crippen LogP) is 2.72. The number of nitrogens with zero attached hydrogens (tertiary/aromatic N) is 2. The lowest BCUT2D eigenvalue weighted by Gasteiger charge is -2.07. The molecule has 0 radical (unpaired) electrons. The molecule has 1 unspecified atom stereocenters. The van der Waals surface area contributed by atoms with Gasteiger partial charge in [0.1, 0.15) is 11.3 Å². The largest absolute Gasteiger partial charge is 0.328 e. The molecular weight excluding hydrogens is 257 g/mol. The van der Waals surface area contributed by atoms with E-state index in [4.69, 9.17) is 5.73 Å². The highest BCUT2D eigenvalue weighted by molar-refractivity contribution is 8.01. The molecule has 17 heavy (non-hydrogen) atoms. The molecule has 2 N–H and O–H groups in total. The fourth-order valence-corrected chi connectivity index (χ4v) is 2.87. The second-order valence-electron chi connectivity index (χ2n) is 3.75. The van der Waals surface area contributed by atoms with Gasteiger partial charge < -0.3 is 5.73 Å². The summed E-state index contributed by atoms with van der Waals surface area (Å²) in [5, 5.41) is 7.58. The van der Waals surface area contributed by atoms with E-state index in [2.05, 4.69) is 10.2 Å². The van der Waals surface area contributed by atoms with Crippen molar-refractivity contribution < 1.29 is 4.39 Å². The average molecular weight is 269 g/mol. The van der Waals surface area contributed by atoms with E-state index in [-0.39, 0.29) is 11.9 Å². The van der Waals surface area contributed by atoms with Crippen molar-refractivity contribution in [2.24, 2.45) is 5.73 Å². The van der Waals surface area contributed by atoms with Crippen LogP contribution in [-0.4, -0.2) is 16.2 Å². The van der Waals surface area contributed by atoms with Gasteiger partial charge in [-0.3, -0.25) is 0 Å². The van der Waals surface area contributed by atoms with Crippen LogP contribution in [0.5, 0.6) is 0 Å². The van der Waals surface area contributed by atoms with Crippen molar-refractivity contribution in [2.45, 2.75) is 28.6 Å². The van der Waals surface area contributed by atoms with Crippen LogP contribution in [0.2, 0.25) is 0 Å². The summed E-state index contributed by atoms with van der Waals surface area (Å²) in [5.74, 6) is -0.233. The molecular formula is C11H12FN3S2. The molecule has 0 saturated heterocycles. The standard InChI is InChI=1S/C11H12FN3S2/c1-7(13)4-8-2-3-10(9(12)5-8)17-11-15-14-6-16-11/h2-3,5-7H,4,13H2,1H3. The van der Waals surface area contributed by atoms with Gasteiger partial charge in [-0.25, -0.2) is 4.39 Å². The molecule has 2 aromatic rings. The number of benzene rings is 1. The molecule has 0 spiro atoms. The van der Waals surface area contributed by atoms with E-state index in [1.165, 1.54) is 29.2 Å². The summed E-state index contributed by atoms with van der Waals surface area (Å²) in [4.78, 5) is 0.565. The first-order valence-electron chi connectivity index (χ1n) is 5.13. The Morgan fingerprint density at radius 1 is 1.53 bits per heavy atom. The van der Waals surface area contributed by atoms with E-state index < -0.39 is 0 Å². The number of rotatable bonds is 4. The minimum atomic E-state index is -0.233. The lowest BCUT2D eigenvalue weighted by Crippen LogP contribution is -2.17. The highest BCUT2D eigenvalue weighted by atomic mass is 32.2. The maximum absolute atomic E-state index is 13.8. The maximum atomic E-state index is 13.8. The lowest BCUT2D eigenvalue weighted by atomic mass is 10.1. The Labute approximate surface area is 107 Å². The van der Waals surface area contributed by atoms with Crippen molar-refractivity contribution in [2.75, 3.05) is 0 Å². The van der Waals surface area contributed by atoms with Gasteiger partial charge in [-0.05, 0) is 31.0 Å². The Kier molecular flexibility index (Phi) is 4.09. The van der Waals surface area contributed by atoms with Crippen molar-refractivity contribution >= 4 is 23.1 Å². The smallest absolute Gasteiger partial charge is 0.178 e. The number of halogens is 1. The first-order chi connectivity index (χ1) is 8.15. The van der Waals surface area contributed by atoms with Crippen LogP contribution in [0.3, 0.4) is 0 Å². The molecule has 1 heterocycles. The Balaban J connectivity index is 2.14. The molecule has 1 aromatic heterocycles. The topological polar surface area (TPSA) is 51.8 Å². The molecule has 0 saturated carbocycles. The van der Waals surface area contributed by atoms with Gasteiger partial charge in [-0.1, -0.05) is 29.2 Å².